The lowest BCUT2D eigenvalue weighted by Gasteiger charge is -2.24. The SMILES string of the molecule is CCCCCCCC/C=C\CCCCCCCCC(CCCCCCC/C=C\CCCCCCCC)OC(=O)[C@H](Cc1cnc[nH]1)NC(=O)[C@@H](N)CCCN=C(N)N. The van der Waals surface area contributed by atoms with Gasteiger partial charge in [-0.05, 0) is 89.9 Å². The van der Waals surface area contributed by atoms with E-state index in [9.17, 15) is 9.59 Å². The van der Waals surface area contributed by atoms with Gasteiger partial charge in [0.05, 0.1) is 12.4 Å². The van der Waals surface area contributed by atoms with Crippen LogP contribution in [0.15, 0.2) is 41.8 Å². The van der Waals surface area contributed by atoms with E-state index in [4.69, 9.17) is 21.9 Å². The maximum Gasteiger partial charge on any atom is 0.329 e. The van der Waals surface area contributed by atoms with E-state index in [1.54, 1.807) is 12.5 Å². The number of H-pyrrole nitrogens is 1. The van der Waals surface area contributed by atoms with Gasteiger partial charge in [-0.3, -0.25) is 9.79 Å². The smallest absolute Gasteiger partial charge is 0.329 e. The van der Waals surface area contributed by atoms with Crippen LogP contribution < -0.4 is 22.5 Å². The van der Waals surface area contributed by atoms with Crippen LogP contribution >= 0.6 is 0 Å². The summed E-state index contributed by atoms with van der Waals surface area (Å²) in [7, 11) is 0. The first-order valence-electron chi connectivity index (χ1n) is 24.0. The first kappa shape index (κ1) is 52.9. The van der Waals surface area contributed by atoms with Gasteiger partial charge in [0.25, 0.3) is 0 Å². The zero-order chi connectivity index (χ0) is 42.2. The van der Waals surface area contributed by atoms with Crippen molar-refractivity contribution in [1.29, 1.82) is 0 Å². The predicted octanol–water partition coefficient (Wildman–Crippen LogP) is 11.2. The van der Waals surface area contributed by atoms with Gasteiger partial charge in [0.1, 0.15) is 12.1 Å². The fourth-order valence-corrected chi connectivity index (χ4v) is 7.31. The lowest BCUT2D eigenvalue weighted by molar-refractivity contribution is -0.154. The van der Waals surface area contributed by atoms with Gasteiger partial charge in [-0.15, -0.1) is 0 Å². The zero-order valence-corrected chi connectivity index (χ0v) is 37.4. The normalized spacial score (nSPS) is 13.2. The summed E-state index contributed by atoms with van der Waals surface area (Å²) in [6, 6.07) is -1.66. The number of aromatic nitrogens is 2. The first-order chi connectivity index (χ1) is 28.4. The van der Waals surface area contributed by atoms with E-state index in [-0.39, 0.29) is 18.5 Å². The lowest BCUT2D eigenvalue weighted by atomic mass is 10.0. The number of rotatable bonds is 41. The largest absolute Gasteiger partial charge is 0.461 e. The maximum absolute atomic E-state index is 13.7. The molecule has 58 heavy (non-hydrogen) atoms. The van der Waals surface area contributed by atoms with Crippen LogP contribution in [0.25, 0.3) is 0 Å². The molecule has 0 spiro atoms. The van der Waals surface area contributed by atoms with Crippen LogP contribution in [0.4, 0.5) is 0 Å². The average molecular weight is 812 g/mol. The van der Waals surface area contributed by atoms with Crippen molar-refractivity contribution in [2.75, 3.05) is 6.54 Å². The number of carbonyl (C=O) groups excluding carboxylic acids is 2. The summed E-state index contributed by atoms with van der Waals surface area (Å²) in [5.41, 5.74) is 17.8. The number of imidazole rings is 1. The lowest BCUT2D eigenvalue weighted by Crippen LogP contribution is -2.50. The molecule has 1 rings (SSSR count). The van der Waals surface area contributed by atoms with Crippen LogP contribution in [0.2, 0.25) is 0 Å². The van der Waals surface area contributed by atoms with Crippen LogP contribution in [0.3, 0.4) is 0 Å². The highest BCUT2D eigenvalue weighted by molar-refractivity contribution is 5.87. The quantitative estimate of drug-likeness (QED) is 0.0144. The molecule has 0 saturated heterocycles. The molecule has 0 aromatic carbocycles. The number of allylic oxidation sites excluding steroid dienone is 4. The van der Waals surface area contributed by atoms with Crippen molar-refractivity contribution in [1.82, 2.24) is 15.3 Å². The molecule has 0 aliphatic carbocycles. The van der Waals surface area contributed by atoms with E-state index in [0.29, 0.717) is 19.4 Å². The topological polar surface area (TPSA) is 174 Å². The Kier molecular flexibility index (Phi) is 35.9. The van der Waals surface area contributed by atoms with Gasteiger partial charge in [-0.25, -0.2) is 9.78 Å². The molecule has 1 aromatic heterocycles. The maximum atomic E-state index is 13.7. The molecule has 1 unspecified atom stereocenters. The van der Waals surface area contributed by atoms with Crippen molar-refractivity contribution in [2.45, 2.75) is 238 Å². The van der Waals surface area contributed by atoms with E-state index >= 15 is 0 Å². The molecular formula is C48H89N7O3. The van der Waals surface area contributed by atoms with E-state index in [1.165, 1.54) is 141 Å². The number of aliphatic imine (C=N–C) groups is 1. The molecule has 1 amide bonds. The molecule has 0 radical (unpaired) electrons. The second kappa shape index (κ2) is 39.3. The number of unbranched alkanes of at least 4 members (excludes halogenated alkanes) is 23. The van der Waals surface area contributed by atoms with Gasteiger partial charge in [-0.2, -0.15) is 0 Å². The molecule has 0 fully saturated rings. The third-order valence-corrected chi connectivity index (χ3v) is 11.0. The number of amides is 1. The number of hydrogen-bond donors (Lipinski definition) is 5. The molecule has 1 heterocycles. The second-order valence-electron chi connectivity index (χ2n) is 16.6. The van der Waals surface area contributed by atoms with Crippen LogP contribution in [0.1, 0.15) is 219 Å². The highest BCUT2D eigenvalue weighted by Crippen LogP contribution is 2.19. The third-order valence-electron chi connectivity index (χ3n) is 11.0. The molecule has 0 saturated carbocycles. The summed E-state index contributed by atoms with van der Waals surface area (Å²) in [6.07, 6.45) is 49.4. The Morgan fingerprint density at radius 3 is 1.55 bits per heavy atom. The monoisotopic (exact) mass is 812 g/mol. The molecular weight excluding hydrogens is 723 g/mol. The van der Waals surface area contributed by atoms with Gasteiger partial charge in [0, 0.05) is 24.9 Å². The minimum Gasteiger partial charge on any atom is -0.461 e. The molecule has 3 atom stereocenters. The number of carbonyl (C=O) groups is 2. The number of guanidine groups is 1. The number of ether oxygens (including phenoxy) is 1. The van der Waals surface area contributed by atoms with Crippen molar-refractivity contribution < 1.29 is 14.3 Å². The molecule has 1 aromatic rings. The molecule has 0 aliphatic rings. The Morgan fingerprint density at radius 2 is 1.12 bits per heavy atom. The van der Waals surface area contributed by atoms with Crippen molar-refractivity contribution in [3.05, 3.63) is 42.5 Å². The summed E-state index contributed by atoms with van der Waals surface area (Å²) < 4.78 is 6.22. The van der Waals surface area contributed by atoms with Crippen LogP contribution in [0.5, 0.6) is 0 Å². The summed E-state index contributed by atoms with van der Waals surface area (Å²) in [5, 5.41) is 2.87. The Labute approximate surface area is 355 Å². The van der Waals surface area contributed by atoms with Gasteiger partial charge in [0.15, 0.2) is 5.96 Å². The number of nitrogens with two attached hydrogens (primary N) is 3. The summed E-state index contributed by atoms with van der Waals surface area (Å²) in [5.74, 6) is -0.805. The van der Waals surface area contributed by atoms with Crippen LogP contribution in [0, 0.1) is 0 Å². The predicted molar refractivity (Wildman–Crippen MR) is 246 cm³/mol. The minimum atomic E-state index is -0.867. The molecule has 10 heteroatoms. The minimum absolute atomic E-state index is 0.00830. The van der Waals surface area contributed by atoms with E-state index in [1.807, 2.05) is 0 Å². The Balaban J connectivity index is 2.57. The number of nitrogens with zero attached hydrogens (tertiary/aromatic N) is 2. The van der Waals surface area contributed by atoms with Crippen molar-refractivity contribution in [3.63, 3.8) is 0 Å². The standard InChI is InChI=1S/C48H89N7O3/c1-3-5-7-9-11-13-15-17-19-21-23-25-27-29-31-33-36-43(35-32-30-28-26-24-22-20-18-16-14-12-10-8-6-4-2)58-47(57)45(39-42-40-52-41-54-42)55-46(56)44(49)37-34-38-53-48(50)51/h17-20,40-41,43-45H,3-16,21-39,49H2,1-2H3,(H,52,54)(H,55,56)(H4,50,51,53)/b19-17-,20-18-/t43?,44-,45-/m0/s1. The average Bonchev–Trinajstić information content (AvgIpc) is 3.73. The Hall–Kier alpha value is -3.14. The Bertz CT molecular complexity index is 1170. The van der Waals surface area contributed by atoms with Gasteiger partial charge < -0.3 is 32.2 Å². The summed E-state index contributed by atoms with van der Waals surface area (Å²) in [4.78, 5) is 38.0. The number of nitrogens with one attached hydrogen (secondary N) is 2. The highest BCUT2D eigenvalue weighted by atomic mass is 16.5. The van der Waals surface area contributed by atoms with Crippen LogP contribution in [-0.4, -0.2) is 52.5 Å². The zero-order valence-electron chi connectivity index (χ0n) is 37.4. The van der Waals surface area contributed by atoms with E-state index in [0.717, 1.165) is 50.6 Å². The highest BCUT2D eigenvalue weighted by Gasteiger charge is 2.28. The van der Waals surface area contributed by atoms with E-state index in [2.05, 4.69) is 58.4 Å². The summed E-state index contributed by atoms with van der Waals surface area (Å²) >= 11 is 0. The van der Waals surface area contributed by atoms with Crippen molar-refractivity contribution >= 4 is 17.8 Å². The third kappa shape index (κ3) is 32.8. The fraction of sp³-hybridized carbons (Fsp3) is 0.792. The first-order valence-corrected chi connectivity index (χ1v) is 24.0. The molecule has 0 aliphatic heterocycles. The van der Waals surface area contributed by atoms with Gasteiger partial charge in [-0.1, -0.05) is 147 Å². The Morgan fingerprint density at radius 1 is 0.672 bits per heavy atom. The number of aromatic amines is 1. The molecule has 334 valence electrons. The van der Waals surface area contributed by atoms with Crippen LogP contribution in [-0.2, 0) is 20.7 Å². The van der Waals surface area contributed by atoms with Crippen molar-refractivity contribution in [3.8, 4) is 0 Å². The fourth-order valence-electron chi connectivity index (χ4n) is 7.31. The number of hydrogen-bond acceptors (Lipinski definition) is 6. The van der Waals surface area contributed by atoms with Gasteiger partial charge >= 0.3 is 5.97 Å². The van der Waals surface area contributed by atoms with Crippen molar-refractivity contribution in [2.24, 2.45) is 22.2 Å². The molecule has 0 bridgehead atoms. The van der Waals surface area contributed by atoms with Gasteiger partial charge in [0.2, 0.25) is 5.91 Å². The van der Waals surface area contributed by atoms with E-state index < -0.39 is 24.0 Å². The molecule has 8 N–H and O–H groups in total. The summed E-state index contributed by atoms with van der Waals surface area (Å²) in [6.45, 7) is 4.93. The molecule has 10 nitrogen and oxygen atoms in total. The number of esters is 1. The second-order valence-corrected chi connectivity index (χ2v) is 16.6.